The minimum absolute atomic E-state index is 0.0318. The van der Waals surface area contributed by atoms with E-state index in [1.165, 1.54) is 21.9 Å². The second kappa shape index (κ2) is 6.62. The molecule has 1 aliphatic heterocycles. The summed E-state index contributed by atoms with van der Waals surface area (Å²) < 4.78 is 25.7. The summed E-state index contributed by atoms with van der Waals surface area (Å²) in [4.78, 5) is 20.0. The molecule has 2 aromatic heterocycles. The van der Waals surface area contributed by atoms with Gasteiger partial charge in [-0.25, -0.2) is 8.42 Å². The zero-order chi connectivity index (χ0) is 17.3. The highest BCUT2D eigenvalue weighted by atomic mass is 32.2. The van der Waals surface area contributed by atoms with Crippen molar-refractivity contribution >= 4 is 27.3 Å². The molecule has 3 rings (SSSR count). The first kappa shape index (κ1) is 17.1. The number of amides is 1. The normalized spacial score (nSPS) is 15.5. The number of nitrogens with zero attached hydrogens (tertiary/aromatic N) is 3. The van der Waals surface area contributed by atoms with Crippen LogP contribution >= 0.6 is 11.3 Å². The fraction of sp³-hybridized carbons (Fsp3) is 0.375. The number of aryl methyl sites for hydroxylation is 1. The smallest absolute Gasteiger partial charge is 0.264 e. The molecule has 1 aliphatic rings. The van der Waals surface area contributed by atoms with Crippen LogP contribution in [0.15, 0.2) is 36.5 Å². The quantitative estimate of drug-likeness (QED) is 0.809. The van der Waals surface area contributed by atoms with E-state index in [0.29, 0.717) is 23.7 Å². The Morgan fingerprint density at radius 1 is 1.33 bits per heavy atom. The third kappa shape index (κ3) is 3.66. The minimum Gasteiger partial charge on any atom is -0.335 e. The third-order valence-corrected chi connectivity index (χ3v) is 6.25. The number of rotatable bonds is 5. The Kier molecular flexibility index (Phi) is 4.71. The van der Waals surface area contributed by atoms with Gasteiger partial charge in [0.1, 0.15) is 0 Å². The summed E-state index contributed by atoms with van der Waals surface area (Å²) in [6.45, 7) is 3.01. The van der Waals surface area contributed by atoms with Gasteiger partial charge in [0.2, 0.25) is 10.0 Å². The number of carbonyl (C=O) groups is 1. The predicted octanol–water partition coefficient (Wildman–Crippen LogP) is 1.74. The van der Waals surface area contributed by atoms with Gasteiger partial charge in [0.15, 0.2) is 0 Å². The maximum atomic E-state index is 12.4. The van der Waals surface area contributed by atoms with Crippen LogP contribution < -0.4 is 0 Å². The molecule has 0 bridgehead atoms. The van der Waals surface area contributed by atoms with Gasteiger partial charge in [0.05, 0.1) is 29.4 Å². The molecule has 0 saturated carbocycles. The van der Waals surface area contributed by atoms with E-state index < -0.39 is 10.0 Å². The van der Waals surface area contributed by atoms with E-state index in [-0.39, 0.29) is 18.5 Å². The van der Waals surface area contributed by atoms with Gasteiger partial charge in [-0.3, -0.25) is 9.78 Å². The molecule has 24 heavy (non-hydrogen) atoms. The topological polar surface area (TPSA) is 70.6 Å². The Labute approximate surface area is 145 Å². The van der Waals surface area contributed by atoms with Crippen LogP contribution in [0, 0.1) is 6.92 Å². The summed E-state index contributed by atoms with van der Waals surface area (Å²) in [5.74, 6) is -0.0318. The van der Waals surface area contributed by atoms with Crippen LogP contribution in [0.25, 0.3) is 0 Å². The molecule has 0 N–H and O–H groups in total. The first-order chi connectivity index (χ1) is 11.3. The van der Waals surface area contributed by atoms with Gasteiger partial charge in [0.25, 0.3) is 5.91 Å². The van der Waals surface area contributed by atoms with Crippen molar-refractivity contribution in [3.63, 3.8) is 0 Å². The molecular weight excluding hydrogens is 346 g/mol. The average molecular weight is 365 g/mol. The van der Waals surface area contributed by atoms with E-state index in [1.807, 2.05) is 25.1 Å². The second-order valence-electron chi connectivity index (χ2n) is 5.90. The number of aromatic nitrogens is 1. The van der Waals surface area contributed by atoms with Crippen molar-refractivity contribution in [2.75, 3.05) is 19.3 Å². The maximum Gasteiger partial charge on any atom is 0.264 e. The first-order valence-electron chi connectivity index (χ1n) is 7.57. The lowest BCUT2D eigenvalue weighted by atomic mass is 10.1. The van der Waals surface area contributed by atoms with Gasteiger partial charge < -0.3 is 4.90 Å². The summed E-state index contributed by atoms with van der Waals surface area (Å²) in [6, 6.07) is 8.96. The van der Waals surface area contributed by atoms with Crippen molar-refractivity contribution in [2.24, 2.45) is 0 Å². The largest absolute Gasteiger partial charge is 0.335 e. The Bertz CT molecular complexity index is 827. The molecule has 0 atom stereocenters. The molecule has 3 heterocycles. The predicted molar refractivity (Wildman–Crippen MR) is 93.4 cm³/mol. The van der Waals surface area contributed by atoms with Crippen molar-refractivity contribution < 1.29 is 13.2 Å². The van der Waals surface area contributed by atoms with E-state index in [1.54, 1.807) is 23.2 Å². The van der Waals surface area contributed by atoms with Crippen molar-refractivity contribution in [3.05, 3.63) is 52.0 Å². The molecule has 0 aromatic carbocycles. The highest BCUT2D eigenvalue weighted by Crippen LogP contribution is 2.24. The summed E-state index contributed by atoms with van der Waals surface area (Å²) >= 11 is 1.46. The zero-order valence-electron chi connectivity index (χ0n) is 13.5. The van der Waals surface area contributed by atoms with Crippen molar-refractivity contribution in [1.82, 2.24) is 14.2 Å². The van der Waals surface area contributed by atoms with E-state index in [0.717, 1.165) is 4.88 Å². The Balaban J connectivity index is 1.68. The van der Waals surface area contributed by atoms with Crippen LogP contribution in [0.4, 0.5) is 0 Å². The molecule has 1 saturated heterocycles. The number of thiophene rings is 1. The molecule has 1 amide bonds. The van der Waals surface area contributed by atoms with Crippen LogP contribution in [0.2, 0.25) is 0 Å². The van der Waals surface area contributed by atoms with E-state index in [2.05, 4.69) is 4.98 Å². The van der Waals surface area contributed by atoms with Crippen molar-refractivity contribution in [1.29, 1.82) is 0 Å². The average Bonchev–Trinajstić information content (AvgIpc) is 2.91. The van der Waals surface area contributed by atoms with Crippen LogP contribution in [-0.2, 0) is 16.6 Å². The molecule has 0 aliphatic carbocycles. The minimum atomic E-state index is -3.37. The van der Waals surface area contributed by atoms with Gasteiger partial charge in [0, 0.05) is 24.2 Å². The van der Waals surface area contributed by atoms with Crippen LogP contribution in [0.5, 0.6) is 0 Å². The molecule has 1 fully saturated rings. The van der Waals surface area contributed by atoms with Gasteiger partial charge in [-0.05, 0) is 31.2 Å². The Morgan fingerprint density at radius 2 is 2.08 bits per heavy atom. The SMILES string of the molecule is Cc1ccc(C(=O)N2CC(N(Cc3ccccn3)S(C)(=O)=O)C2)s1. The van der Waals surface area contributed by atoms with Gasteiger partial charge in [-0.1, -0.05) is 6.07 Å². The molecule has 6 nitrogen and oxygen atoms in total. The third-order valence-electron chi connectivity index (χ3n) is 3.98. The summed E-state index contributed by atoms with van der Waals surface area (Å²) in [5, 5.41) is 0. The van der Waals surface area contributed by atoms with E-state index in [9.17, 15) is 13.2 Å². The molecule has 2 aromatic rings. The number of sulfonamides is 1. The fourth-order valence-electron chi connectivity index (χ4n) is 2.68. The second-order valence-corrected chi connectivity index (χ2v) is 9.13. The monoisotopic (exact) mass is 365 g/mol. The number of likely N-dealkylation sites (tertiary alicyclic amines) is 1. The van der Waals surface area contributed by atoms with Crippen LogP contribution in [0.1, 0.15) is 20.2 Å². The fourth-order valence-corrected chi connectivity index (χ4v) is 4.55. The zero-order valence-corrected chi connectivity index (χ0v) is 15.2. The lowest BCUT2D eigenvalue weighted by Gasteiger charge is -2.43. The molecule has 8 heteroatoms. The highest BCUT2D eigenvalue weighted by Gasteiger charge is 2.39. The van der Waals surface area contributed by atoms with Crippen LogP contribution in [0.3, 0.4) is 0 Å². The molecule has 0 unspecified atom stereocenters. The molecular formula is C16H19N3O3S2. The number of carbonyl (C=O) groups excluding carboxylic acids is 1. The molecule has 128 valence electrons. The van der Waals surface area contributed by atoms with E-state index in [4.69, 9.17) is 0 Å². The Morgan fingerprint density at radius 3 is 2.62 bits per heavy atom. The summed E-state index contributed by atoms with van der Waals surface area (Å²) in [6.07, 6.45) is 2.84. The van der Waals surface area contributed by atoms with Gasteiger partial charge in [-0.15, -0.1) is 11.3 Å². The number of hydrogen-bond acceptors (Lipinski definition) is 5. The van der Waals surface area contributed by atoms with Crippen molar-refractivity contribution in [3.8, 4) is 0 Å². The van der Waals surface area contributed by atoms with Gasteiger partial charge >= 0.3 is 0 Å². The van der Waals surface area contributed by atoms with E-state index >= 15 is 0 Å². The standard InChI is InChI=1S/C16H19N3O3S2/c1-12-6-7-15(23-12)16(20)18-10-14(11-18)19(24(2,21)22)9-13-5-3-4-8-17-13/h3-8,14H,9-11H2,1-2H3. The number of hydrogen-bond donors (Lipinski definition) is 0. The first-order valence-corrected chi connectivity index (χ1v) is 10.2. The van der Waals surface area contributed by atoms with Crippen molar-refractivity contribution in [2.45, 2.75) is 19.5 Å². The van der Waals surface area contributed by atoms with Crippen LogP contribution in [-0.4, -0.2) is 53.9 Å². The van der Waals surface area contributed by atoms with Gasteiger partial charge in [-0.2, -0.15) is 4.31 Å². The summed E-state index contributed by atoms with van der Waals surface area (Å²) in [5.41, 5.74) is 0.696. The molecule has 0 radical (unpaired) electrons. The summed E-state index contributed by atoms with van der Waals surface area (Å²) in [7, 11) is -3.37. The molecule has 0 spiro atoms. The Hall–Kier alpha value is -1.77. The number of pyridine rings is 1. The highest BCUT2D eigenvalue weighted by molar-refractivity contribution is 7.88. The lowest BCUT2D eigenvalue weighted by molar-refractivity contribution is 0.0447. The lowest BCUT2D eigenvalue weighted by Crippen LogP contribution is -2.61. The maximum absolute atomic E-state index is 12.4.